The summed E-state index contributed by atoms with van der Waals surface area (Å²) in [7, 11) is 1.49. The van der Waals surface area contributed by atoms with Gasteiger partial charge in [-0.15, -0.1) is 5.10 Å². The number of benzene rings is 1. The van der Waals surface area contributed by atoms with E-state index in [1.807, 2.05) is 44.2 Å². The first-order valence-electron chi connectivity index (χ1n) is 7.43. The van der Waals surface area contributed by atoms with Gasteiger partial charge in [0.05, 0.1) is 12.8 Å². The van der Waals surface area contributed by atoms with Crippen LogP contribution in [0.2, 0.25) is 0 Å². The maximum absolute atomic E-state index is 6.01. The maximum atomic E-state index is 6.01. The second-order valence-electron chi connectivity index (χ2n) is 5.15. The Bertz CT molecular complexity index is 861. The largest absolute Gasteiger partial charge is 0.484 e. The predicted molar refractivity (Wildman–Crippen MR) is 89.3 cm³/mol. The molecule has 0 aliphatic heterocycles. The number of aromatic nitrogens is 4. The molecule has 0 saturated carbocycles. The van der Waals surface area contributed by atoms with Crippen molar-refractivity contribution in [2.75, 3.05) is 7.11 Å². The quantitative estimate of drug-likeness (QED) is 0.425. The fourth-order valence-electron chi connectivity index (χ4n) is 2.25. The van der Waals surface area contributed by atoms with E-state index < -0.39 is 0 Å². The molecule has 2 heterocycles. The third-order valence-electron chi connectivity index (χ3n) is 3.33. The minimum atomic E-state index is -0.229. The van der Waals surface area contributed by atoms with Crippen molar-refractivity contribution in [1.29, 1.82) is 0 Å². The molecule has 0 radical (unpaired) electrons. The Morgan fingerprint density at radius 2 is 2.21 bits per heavy atom. The Labute approximate surface area is 139 Å². The number of aliphatic imine (C=N–C) groups is 1. The lowest BCUT2D eigenvalue weighted by atomic mass is 10.2. The Kier molecular flexibility index (Phi) is 4.66. The molecule has 1 unspecified atom stereocenters. The van der Waals surface area contributed by atoms with Gasteiger partial charge in [0.2, 0.25) is 0 Å². The Balaban J connectivity index is 1.88. The molecule has 1 N–H and O–H groups in total. The zero-order chi connectivity index (χ0) is 16.9. The summed E-state index contributed by atoms with van der Waals surface area (Å²) in [6.07, 6.45) is 2.81. The molecular formula is C16H18N6O2. The SMILES string of the molecule is CONC=Nc1nc2nccc(C(C)Oc3cccc(C)c3)n2n1. The van der Waals surface area contributed by atoms with Crippen LogP contribution in [0.5, 0.6) is 5.75 Å². The van der Waals surface area contributed by atoms with Crippen LogP contribution in [0, 0.1) is 6.92 Å². The van der Waals surface area contributed by atoms with Gasteiger partial charge < -0.3 is 4.74 Å². The van der Waals surface area contributed by atoms with Crippen LogP contribution in [-0.2, 0) is 4.84 Å². The van der Waals surface area contributed by atoms with Crippen LogP contribution in [0.1, 0.15) is 24.3 Å². The van der Waals surface area contributed by atoms with E-state index in [1.54, 1.807) is 10.7 Å². The molecule has 124 valence electrons. The maximum Gasteiger partial charge on any atom is 0.272 e. The molecule has 0 amide bonds. The first-order valence-corrected chi connectivity index (χ1v) is 7.43. The minimum Gasteiger partial charge on any atom is -0.484 e. The number of ether oxygens (including phenoxy) is 1. The Hall–Kier alpha value is -3.00. The van der Waals surface area contributed by atoms with Crippen molar-refractivity contribution in [2.45, 2.75) is 20.0 Å². The second kappa shape index (κ2) is 7.05. The average Bonchev–Trinajstić information content (AvgIpc) is 2.97. The van der Waals surface area contributed by atoms with Gasteiger partial charge in [-0.1, -0.05) is 12.1 Å². The zero-order valence-corrected chi connectivity index (χ0v) is 13.7. The Morgan fingerprint density at radius 1 is 1.33 bits per heavy atom. The monoisotopic (exact) mass is 326 g/mol. The van der Waals surface area contributed by atoms with Gasteiger partial charge in [-0.25, -0.2) is 4.98 Å². The normalized spacial score (nSPS) is 12.6. The van der Waals surface area contributed by atoms with Crippen LogP contribution >= 0.6 is 0 Å². The number of hydrogen-bond acceptors (Lipinski definition) is 6. The van der Waals surface area contributed by atoms with E-state index in [1.165, 1.54) is 13.4 Å². The lowest BCUT2D eigenvalue weighted by molar-refractivity contribution is 0.148. The van der Waals surface area contributed by atoms with Crippen molar-refractivity contribution in [2.24, 2.45) is 4.99 Å². The zero-order valence-electron chi connectivity index (χ0n) is 13.7. The number of nitrogens with zero attached hydrogens (tertiary/aromatic N) is 5. The highest BCUT2D eigenvalue weighted by Gasteiger charge is 2.15. The van der Waals surface area contributed by atoms with Crippen LogP contribution in [0.4, 0.5) is 5.95 Å². The standard InChI is InChI=1S/C16H18N6O2/c1-11-5-4-6-13(9-11)24-12(2)14-7-8-17-16-20-15(21-22(14)16)18-10-19-23-3/h4-10,12H,1-3H3,(H,18,19,21). The lowest BCUT2D eigenvalue weighted by Gasteiger charge is -2.15. The topological polar surface area (TPSA) is 85.9 Å². The van der Waals surface area contributed by atoms with E-state index in [2.05, 4.69) is 30.4 Å². The first-order chi connectivity index (χ1) is 11.7. The van der Waals surface area contributed by atoms with Crippen molar-refractivity contribution in [1.82, 2.24) is 25.1 Å². The van der Waals surface area contributed by atoms with E-state index in [0.717, 1.165) is 17.0 Å². The van der Waals surface area contributed by atoms with Gasteiger partial charge in [0.15, 0.2) is 0 Å². The van der Waals surface area contributed by atoms with Crippen molar-refractivity contribution in [3.63, 3.8) is 0 Å². The summed E-state index contributed by atoms with van der Waals surface area (Å²) in [5, 5.41) is 4.33. The van der Waals surface area contributed by atoms with Crippen LogP contribution in [0.25, 0.3) is 5.78 Å². The molecule has 0 spiro atoms. The van der Waals surface area contributed by atoms with E-state index in [0.29, 0.717) is 5.78 Å². The highest BCUT2D eigenvalue weighted by Crippen LogP contribution is 2.22. The molecular weight excluding hydrogens is 308 g/mol. The van der Waals surface area contributed by atoms with Gasteiger partial charge in [-0.05, 0) is 37.6 Å². The first kappa shape index (κ1) is 15.9. The Morgan fingerprint density at radius 3 is 3.00 bits per heavy atom. The van der Waals surface area contributed by atoms with Crippen LogP contribution < -0.4 is 10.2 Å². The number of hydrogen-bond donors (Lipinski definition) is 1. The molecule has 2 aromatic heterocycles. The molecule has 8 nitrogen and oxygen atoms in total. The summed E-state index contributed by atoms with van der Waals surface area (Å²) in [5.41, 5.74) is 4.46. The molecule has 0 saturated heterocycles. The van der Waals surface area contributed by atoms with E-state index in [9.17, 15) is 0 Å². The van der Waals surface area contributed by atoms with Gasteiger partial charge in [0.1, 0.15) is 18.2 Å². The molecule has 3 aromatic rings. The molecule has 24 heavy (non-hydrogen) atoms. The third-order valence-corrected chi connectivity index (χ3v) is 3.33. The number of rotatable bonds is 6. The van der Waals surface area contributed by atoms with E-state index in [-0.39, 0.29) is 12.1 Å². The molecule has 0 aliphatic carbocycles. The number of fused-ring (bicyclic) bond motifs is 1. The number of aryl methyl sites for hydroxylation is 1. The van der Waals surface area contributed by atoms with E-state index >= 15 is 0 Å². The smallest absolute Gasteiger partial charge is 0.272 e. The van der Waals surface area contributed by atoms with Gasteiger partial charge in [0.25, 0.3) is 11.7 Å². The van der Waals surface area contributed by atoms with Crippen LogP contribution in [0.15, 0.2) is 41.5 Å². The summed E-state index contributed by atoms with van der Waals surface area (Å²) in [5.74, 6) is 1.54. The van der Waals surface area contributed by atoms with Gasteiger partial charge in [-0.3, -0.25) is 10.3 Å². The van der Waals surface area contributed by atoms with Crippen LogP contribution in [0.3, 0.4) is 0 Å². The molecule has 0 bridgehead atoms. The van der Waals surface area contributed by atoms with Crippen molar-refractivity contribution in [3.8, 4) is 5.75 Å². The molecule has 8 heteroatoms. The lowest BCUT2D eigenvalue weighted by Crippen LogP contribution is -2.10. The van der Waals surface area contributed by atoms with E-state index in [4.69, 9.17) is 4.74 Å². The summed E-state index contributed by atoms with van der Waals surface area (Å²) in [6, 6.07) is 9.75. The highest BCUT2D eigenvalue weighted by atomic mass is 16.6. The van der Waals surface area contributed by atoms with Gasteiger partial charge >= 0.3 is 0 Å². The fraction of sp³-hybridized carbons (Fsp3) is 0.250. The van der Waals surface area contributed by atoms with Crippen molar-refractivity contribution >= 4 is 18.1 Å². The third kappa shape index (κ3) is 3.49. The summed E-state index contributed by atoms with van der Waals surface area (Å²) >= 11 is 0. The summed E-state index contributed by atoms with van der Waals surface area (Å²) in [4.78, 5) is 17.2. The van der Waals surface area contributed by atoms with Gasteiger partial charge in [0, 0.05) is 6.20 Å². The molecule has 3 rings (SSSR count). The molecule has 0 aliphatic rings. The van der Waals surface area contributed by atoms with Crippen molar-refractivity contribution in [3.05, 3.63) is 47.8 Å². The number of nitrogens with one attached hydrogen (secondary N) is 1. The molecule has 0 fully saturated rings. The molecule has 1 atom stereocenters. The fourth-order valence-corrected chi connectivity index (χ4v) is 2.25. The molecule has 1 aromatic carbocycles. The predicted octanol–water partition coefficient (Wildman–Crippen LogP) is 2.38. The second-order valence-corrected chi connectivity index (χ2v) is 5.15. The van der Waals surface area contributed by atoms with Crippen molar-refractivity contribution < 1.29 is 9.57 Å². The highest BCUT2D eigenvalue weighted by molar-refractivity contribution is 5.57. The van der Waals surface area contributed by atoms with Gasteiger partial charge in [-0.2, -0.15) is 14.5 Å². The van der Waals surface area contributed by atoms with Crippen LogP contribution in [-0.4, -0.2) is 33.0 Å². The summed E-state index contributed by atoms with van der Waals surface area (Å²) in [6.45, 7) is 3.98. The number of hydroxylamine groups is 1. The minimum absolute atomic E-state index is 0.229. The average molecular weight is 326 g/mol. The summed E-state index contributed by atoms with van der Waals surface area (Å²) < 4.78 is 7.63.